The average Bonchev–Trinajstić information content (AvgIpc) is 3.39. The first-order valence-electron chi connectivity index (χ1n) is 8.73. The van der Waals surface area contributed by atoms with Crippen molar-refractivity contribution in [2.45, 2.75) is 32.3 Å². The predicted molar refractivity (Wildman–Crippen MR) is 98.0 cm³/mol. The third-order valence-corrected chi connectivity index (χ3v) is 4.65. The van der Waals surface area contributed by atoms with E-state index in [1.165, 1.54) is 4.90 Å². The molecule has 1 unspecified atom stereocenters. The first kappa shape index (κ1) is 16.8. The van der Waals surface area contributed by atoms with E-state index in [1.807, 2.05) is 12.1 Å². The molecule has 2 aromatic carbocycles. The molecule has 0 aromatic heterocycles. The van der Waals surface area contributed by atoms with E-state index >= 15 is 0 Å². The average molecular weight is 351 g/mol. The molecule has 4 rings (SSSR count). The second kappa shape index (κ2) is 5.95. The Hall–Kier alpha value is -2.66. The third kappa shape index (κ3) is 2.88. The van der Waals surface area contributed by atoms with Gasteiger partial charge in [0.1, 0.15) is 18.5 Å². The number of carbonyl (C=O) groups is 2. The summed E-state index contributed by atoms with van der Waals surface area (Å²) in [5, 5.41) is 0. The summed E-state index contributed by atoms with van der Waals surface area (Å²) in [5.41, 5.74) is 2.15. The second-order valence-electron chi connectivity index (χ2n) is 7.69. The molecule has 1 atom stereocenters. The van der Waals surface area contributed by atoms with Gasteiger partial charge in [0.15, 0.2) is 0 Å². The van der Waals surface area contributed by atoms with E-state index < -0.39 is 0 Å². The van der Waals surface area contributed by atoms with Crippen molar-refractivity contribution in [1.82, 2.24) is 0 Å². The molecule has 0 N–H and O–H groups in total. The molecular weight excluding hydrogens is 330 g/mol. The summed E-state index contributed by atoms with van der Waals surface area (Å²) in [7, 11) is 0. The van der Waals surface area contributed by atoms with Crippen LogP contribution in [0.25, 0.3) is 0 Å². The number of benzene rings is 2. The molecule has 26 heavy (non-hydrogen) atoms. The molecule has 0 saturated carbocycles. The number of amides is 2. The number of imide groups is 1. The number of carbonyl (C=O) groups excluding carboxylic acids is 2. The Kier molecular flexibility index (Phi) is 3.84. The standard InChI is InChI=1S/C21H21NO4/c1-21(2,3)17-9-8-13(25-11-14-12-26-14)10-18(17)22-19(23)15-6-4-5-7-16(15)20(22)24/h4-10,14H,11-12H2,1-3H3. The van der Waals surface area contributed by atoms with Crippen LogP contribution >= 0.6 is 0 Å². The van der Waals surface area contributed by atoms with Crippen LogP contribution < -0.4 is 9.64 Å². The lowest BCUT2D eigenvalue weighted by atomic mass is 9.85. The molecule has 2 aliphatic heterocycles. The molecule has 2 aromatic rings. The van der Waals surface area contributed by atoms with Gasteiger partial charge in [-0.25, -0.2) is 4.90 Å². The minimum absolute atomic E-state index is 0.139. The van der Waals surface area contributed by atoms with Gasteiger partial charge in [0.25, 0.3) is 11.8 Å². The van der Waals surface area contributed by atoms with Gasteiger partial charge < -0.3 is 9.47 Å². The largest absolute Gasteiger partial charge is 0.491 e. The van der Waals surface area contributed by atoms with Gasteiger partial charge in [0.2, 0.25) is 0 Å². The summed E-state index contributed by atoms with van der Waals surface area (Å²) in [5.74, 6) is 0.0395. The van der Waals surface area contributed by atoms with Gasteiger partial charge in [-0.1, -0.05) is 39.0 Å². The Morgan fingerprint density at radius 1 is 1.08 bits per heavy atom. The lowest BCUT2D eigenvalue weighted by Gasteiger charge is -2.27. The Morgan fingerprint density at radius 3 is 2.23 bits per heavy atom. The van der Waals surface area contributed by atoms with E-state index in [4.69, 9.17) is 9.47 Å². The highest BCUT2D eigenvalue weighted by Crippen LogP contribution is 2.38. The first-order chi connectivity index (χ1) is 12.4. The highest BCUT2D eigenvalue weighted by Gasteiger charge is 2.38. The molecular formula is C21H21NO4. The zero-order chi connectivity index (χ0) is 18.5. The number of anilines is 1. The van der Waals surface area contributed by atoms with Crippen molar-refractivity contribution in [3.05, 3.63) is 59.2 Å². The minimum atomic E-state index is -0.293. The predicted octanol–water partition coefficient (Wildman–Crippen LogP) is 3.56. The van der Waals surface area contributed by atoms with Gasteiger partial charge in [0.05, 0.1) is 23.4 Å². The Bertz CT molecular complexity index is 858. The highest BCUT2D eigenvalue weighted by atomic mass is 16.6. The van der Waals surface area contributed by atoms with E-state index in [2.05, 4.69) is 20.8 Å². The zero-order valence-electron chi connectivity index (χ0n) is 15.1. The van der Waals surface area contributed by atoms with E-state index in [-0.39, 0.29) is 23.3 Å². The smallest absolute Gasteiger partial charge is 0.266 e. The van der Waals surface area contributed by atoms with Crippen LogP contribution in [0.2, 0.25) is 0 Å². The van der Waals surface area contributed by atoms with E-state index in [0.29, 0.717) is 35.8 Å². The van der Waals surface area contributed by atoms with E-state index in [1.54, 1.807) is 30.3 Å². The fourth-order valence-electron chi connectivity index (χ4n) is 3.18. The minimum Gasteiger partial charge on any atom is -0.491 e. The van der Waals surface area contributed by atoms with Crippen LogP contribution in [0.5, 0.6) is 5.75 Å². The maximum absolute atomic E-state index is 12.9. The molecule has 5 nitrogen and oxygen atoms in total. The zero-order valence-corrected chi connectivity index (χ0v) is 15.1. The molecule has 0 spiro atoms. The molecule has 0 radical (unpaired) electrons. The van der Waals surface area contributed by atoms with Crippen LogP contribution in [-0.4, -0.2) is 31.1 Å². The van der Waals surface area contributed by atoms with Crippen molar-refractivity contribution in [2.24, 2.45) is 0 Å². The van der Waals surface area contributed by atoms with Crippen molar-refractivity contribution in [3.8, 4) is 5.75 Å². The SMILES string of the molecule is CC(C)(C)c1ccc(OCC2CO2)cc1N1C(=O)c2ccccc2C1=O. The summed E-state index contributed by atoms with van der Waals surface area (Å²) >= 11 is 0. The van der Waals surface area contributed by atoms with Crippen molar-refractivity contribution in [3.63, 3.8) is 0 Å². The lowest BCUT2D eigenvalue weighted by Crippen LogP contribution is -2.32. The molecule has 0 aliphatic carbocycles. The molecule has 2 heterocycles. The number of epoxide rings is 1. The van der Waals surface area contributed by atoms with Crippen molar-refractivity contribution in [2.75, 3.05) is 18.1 Å². The summed E-state index contributed by atoms with van der Waals surface area (Å²) in [6.07, 6.45) is 0.139. The third-order valence-electron chi connectivity index (χ3n) is 4.65. The fourth-order valence-corrected chi connectivity index (χ4v) is 3.18. The molecule has 1 saturated heterocycles. The van der Waals surface area contributed by atoms with Crippen LogP contribution in [0.4, 0.5) is 5.69 Å². The van der Waals surface area contributed by atoms with E-state index in [9.17, 15) is 9.59 Å². The van der Waals surface area contributed by atoms with Crippen molar-refractivity contribution >= 4 is 17.5 Å². The molecule has 134 valence electrons. The normalized spacial score (nSPS) is 18.9. The van der Waals surface area contributed by atoms with Gasteiger partial charge in [-0.05, 0) is 29.2 Å². The van der Waals surface area contributed by atoms with Crippen LogP contribution in [0, 0.1) is 0 Å². The molecule has 5 heteroatoms. The summed E-state index contributed by atoms with van der Waals surface area (Å²) < 4.78 is 10.9. The van der Waals surface area contributed by atoms with Crippen LogP contribution in [0.1, 0.15) is 47.1 Å². The van der Waals surface area contributed by atoms with Crippen molar-refractivity contribution in [1.29, 1.82) is 0 Å². The summed E-state index contributed by atoms with van der Waals surface area (Å²) in [4.78, 5) is 27.1. The van der Waals surface area contributed by atoms with Crippen molar-refractivity contribution < 1.29 is 19.1 Å². The first-order valence-corrected chi connectivity index (χ1v) is 8.73. The maximum Gasteiger partial charge on any atom is 0.266 e. The van der Waals surface area contributed by atoms with Gasteiger partial charge in [0, 0.05) is 6.07 Å². The number of hydrogen-bond acceptors (Lipinski definition) is 4. The molecule has 2 aliphatic rings. The summed E-state index contributed by atoms with van der Waals surface area (Å²) in [6.45, 7) is 7.36. The van der Waals surface area contributed by atoms with Gasteiger partial charge in [-0.15, -0.1) is 0 Å². The molecule has 0 bridgehead atoms. The highest BCUT2D eigenvalue weighted by molar-refractivity contribution is 6.34. The van der Waals surface area contributed by atoms with Gasteiger partial charge >= 0.3 is 0 Å². The Labute approximate surface area is 152 Å². The second-order valence-corrected chi connectivity index (χ2v) is 7.69. The van der Waals surface area contributed by atoms with Crippen LogP contribution in [0.3, 0.4) is 0 Å². The van der Waals surface area contributed by atoms with Gasteiger partial charge in [-0.3, -0.25) is 9.59 Å². The number of rotatable bonds is 4. The number of hydrogen-bond donors (Lipinski definition) is 0. The fraction of sp³-hybridized carbons (Fsp3) is 0.333. The lowest BCUT2D eigenvalue weighted by molar-refractivity contribution is 0.0925. The molecule has 2 amide bonds. The topological polar surface area (TPSA) is 59.1 Å². The van der Waals surface area contributed by atoms with E-state index in [0.717, 1.165) is 5.56 Å². The summed E-state index contributed by atoms with van der Waals surface area (Å²) in [6, 6.07) is 12.5. The number of nitrogens with zero attached hydrogens (tertiary/aromatic N) is 1. The maximum atomic E-state index is 12.9. The number of fused-ring (bicyclic) bond motifs is 1. The monoisotopic (exact) mass is 351 g/mol. The van der Waals surface area contributed by atoms with Crippen LogP contribution in [-0.2, 0) is 10.2 Å². The Balaban J connectivity index is 1.77. The number of ether oxygens (including phenoxy) is 2. The molecule has 1 fully saturated rings. The quantitative estimate of drug-likeness (QED) is 0.624. The van der Waals surface area contributed by atoms with Gasteiger partial charge in [-0.2, -0.15) is 0 Å². The Morgan fingerprint density at radius 2 is 1.69 bits per heavy atom. The van der Waals surface area contributed by atoms with Crippen LogP contribution in [0.15, 0.2) is 42.5 Å².